The van der Waals surface area contributed by atoms with E-state index in [0.29, 0.717) is 0 Å². The Balaban J connectivity index is 2.24. The van der Waals surface area contributed by atoms with Gasteiger partial charge < -0.3 is 0 Å². The molecule has 2 unspecified atom stereocenters. The van der Waals surface area contributed by atoms with Gasteiger partial charge in [-0.1, -0.05) is 44.2 Å². The molecule has 0 radical (unpaired) electrons. The molecule has 0 amide bonds. The van der Waals surface area contributed by atoms with Crippen LogP contribution < -0.4 is 9.75 Å². The van der Waals surface area contributed by atoms with Crippen LogP contribution in [-0.2, 0) is 0 Å². The van der Waals surface area contributed by atoms with E-state index in [2.05, 4.69) is 57.2 Å². The topological polar surface area (TPSA) is 0 Å². The van der Waals surface area contributed by atoms with Gasteiger partial charge in [0.15, 0.2) is 0 Å². The summed E-state index contributed by atoms with van der Waals surface area (Å²) in [7, 11) is 0. The van der Waals surface area contributed by atoms with E-state index in [1.165, 1.54) is 26.3 Å². The van der Waals surface area contributed by atoms with Crippen molar-refractivity contribution in [2.75, 3.05) is 0 Å². The van der Waals surface area contributed by atoms with Crippen molar-refractivity contribution < 1.29 is 0 Å². The molecular weight excluding hydrogens is 236 g/mol. The highest BCUT2D eigenvalue weighted by molar-refractivity contribution is 7.17. The molecule has 94 valence electrons. The number of thiophene rings is 1. The molecule has 1 aromatic heterocycles. The Morgan fingerprint density at radius 2 is 1.89 bits per heavy atom. The van der Waals surface area contributed by atoms with Gasteiger partial charge in [0.2, 0.25) is 0 Å². The Bertz CT molecular complexity index is 669. The Morgan fingerprint density at radius 3 is 2.56 bits per heavy atom. The highest BCUT2D eigenvalue weighted by Crippen LogP contribution is 2.40. The summed E-state index contributed by atoms with van der Waals surface area (Å²) in [5, 5.41) is 2.91. The summed E-state index contributed by atoms with van der Waals surface area (Å²) in [5.41, 5.74) is 0. The molecule has 0 spiro atoms. The molecule has 0 aliphatic heterocycles. The average Bonchev–Trinajstić information content (AvgIpc) is 2.74. The predicted molar refractivity (Wildman–Crippen MR) is 82.1 cm³/mol. The second-order valence-electron chi connectivity index (χ2n) is 5.60. The van der Waals surface area contributed by atoms with Crippen LogP contribution in [0.2, 0.25) is 0 Å². The van der Waals surface area contributed by atoms with Crippen LogP contribution in [0.3, 0.4) is 0 Å². The number of hydrogen-bond donors (Lipinski definition) is 0. The summed E-state index contributed by atoms with van der Waals surface area (Å²) in [6, 6.07) is 8.78. The smallest absolute Gasteiger partial charge is 0.0355 e. The highest BCUT2D eigenvalue weighted by atomic mass is 32.1. The van der Waals surface area contributed by atoms with Crippen molar-refractivity contribution >= 4 is 33.6 Å². The average molecular weight is 256 g/mol. The fourth-order valence-corrected chi connectivity index (χ4v) is 4.33. The van der Waals surface area contributed by atoms with E-state index >= 15 is 0 Å². The quantitative estimate of drug-likeness (QED) is 0.728. The third-order valence-corrected chi connectivity index (χ3v) is 5.59. The molecule has 2 aromatic rings. The van der Waals surface area contributed by atoms with Gasteiger partial charge in [-0.15, -0.1) is 11.3 Å². The van der Waals surface area contributed by atoms with Crippen molar-refractivity contribution in [3.8, 4) is 0 Å². The number of rotatable bonds is 1. The monoisotopic (exact) mass is 256 g/mol. The molecule has 18 heavy (non-hydrogen) atoms. The first-order valence-electron chi connectivity index (χ1n) is 6.86. The van der Waals surface area contributed by atoms with Crippen molar-refractivity contribution in [1.29, 1.82) is 0 Å². The van der Waals surface area contributed by atoms with E-state index in [1.54, 1.807) is 0 Å². The maximum atomic E-state index is 2.53. The second-order valence-corrected chi connectivity index (χ2v) is 6.68. The lowest BCUT2D eigenvalue weighted by molar-refractivity contribution is 0.163. The molecule has 1 fully saturated rings. The third kappa shape index (κ3) is 1.81. The lowest BCUT2D eigenvalue weighted by atomic mass is 9.66. The zero-order valence-corrected chi connectivity index (χ0v) is 12.1. The normalized spacial score (nSPS) is 29.8. The highest BCUT2D eigenvalue weighted by Gasteiger charge is 2.32. The molecule has 1 saturated carbocycles. The minimum Gasteiger partial charge on any atom is -0.136 e. The lowest BCUT2D eigenvalue weighted by Crippen LogP contribution is -2.34. The van der Waals surface area contributed by atoms with Crippen LogP contribution in [0.4, 0.5) is 0 Å². The van der Waals surface area contributed by atoms with Crippen LogP contribution in [-0.4, -0.2) is 0 Å². The van der Waals surface area contributed by atoms with Gasteiger partial charge in [-0.25, -0.2) is 0 Å². The van der Waals surface area contributed by atoms with Gasteiger partial charge in [-0.2, -0.15) is 0 Å². The number of fused-ring (bicyclic) bond motifs is 1. The van der Waals surface area contributed by atoms with Gasteiger partial charge in [0, 0.05) is 9.23 Å². The first-order valence-corrected chi connectivity index (χ1v) is 7.68. The lowest BCUT2D eigenvalue weighted by Gasteiger charge is -2.39. The minimum atomic E-state index is 0.765. The van der Waals surface area contributed by atoms with Gasteiger partial charge in [-0.3, -0.25) is 0 Å². The largest absolute Gasteiger partial charge is 0.136 e. The molecule has 1 aliphatic carbocycles. The molecule has 0 nitrogen and oxygen atoms in total. The van der Waals surface area contributed by atoms with E-state index < -0.39 is 0 Å². The van der Waals surface area contributed by atoms with Crippen molar-refractivity contribution in [2.24, 2.45) is 17.8 Å². The van der Waals surface area contributed by atoms with Gasteiger partial charge in [-0.05, 0) is 47.8 Å². The molecular formula is C17H20S. The van der Waals surface area contributed by atoms with Crippen LogP contribution in [0.15, 0.2) is 24.3 Å². The van der Waals surface area contributed by atoms with Crippen molar-refractivity contribution in [2.45, 2.75) is 27.2 Å². The summed E-state index contributed by atoms with van der Waals surface area (Å²) in [5.74, 6) is 2.47. The summed E-state index contributed by atoms with van der Waals surface area (Å²) >= 11 is 1.92. The fraction of sp³-hybridized carbons (Fsp3) is 0.412. The predicted octanol–water partition coefficient (Wildman–Crippen LogP) is 3.77. The molecule has 1 heterocycles. The summed E-state index contributed by atoms with van der Waals surface area (Å²) in [4.78, 5) is 0. The maximum absolute atomic E-state index is 2.53. The number of benzene rings is 1. The summed E-state index contributed by atoms with van der Waals surface area (Å²) < 4.78 is 2.85. The first kappa shape index (κ1) is 12.0. The minimum absolute atomic E-state index is 0.765. The van der Waals surface area contributed by atoms with Crippen LogP contribution in [0.25, 0.3) is 22.2 Å². The molecule has 1 heteroatoms. The van der Waals surface area contributed by atoms with Crippen molar-refractivity contribution in [3.05, 3.63) is 34.0 Å². The van der Waals surface area contributed by atoms with Crippen LogP contribution in [0, 0.1) is 17.8 Å². The second kappa shape index (κ2) is 4.55. The molecule has 2 atom stereocenters. The van der Waals surface area contributed by atoms with E-state index in [-0.39, 0.29) is 0 Å². The van der Waals surface area contributed by atoms with Gasteiger partial charge >= 0.3 is 0 Å². The van der Waals surface area contributed by atoms with E-state index in [9.17, 15) is 0 Å². The van der Waals surface area contributed by atoms with E-state index in [1.807, 2.05) is 11.3 Å². The van der Waals surface area contributed by atoms with Crippen molar-refractivity contribution in [3.63, 3.8) is 0 Å². The molecule has 0 bridgehead atoms. The van der Waals surface area contributed by atoms with E-state index in [0.717, 1.165) is 17.8 Å². The first-order chi connectivity index (χ1) is 8.70. The summed E-state index contributed by atoms with van der Waals surface area (Å²) in [6.07, 6.45) is 6.17. The summed E-state index contributed by atoms with van der Waals surface area (Å²) in [6.45, 7) is 6.91. The van der Waals surface area contributed by atoms with Crippen LogP contribution in [0.1, 0.15) is 27.2 Å². The fourth-order valence-electron chi connectivity index (χ4n) is 3.26. The van der Waals surface area contributed by atoms with Gasteiger partial charge in [0.05, 0.1) is 0 Å². The Labute approximate surface area is 113 Å². The Morgan fingerprint density at radius 1 is 1.17 bits per heavy atom. The Hall–Kier alpha value is -1.08. The van der Waals surface area contributed by atoms with Crippen LogP contribution >= 0.6 is 11.3 Å². The molecule has 1 aromatic carbocycles. The number of hydrogen-bond acceptors (Lipinski definition) is 1. The van der Waals surface area contributed by atoms with Gasteiger partial charge in [0.25, 0.3) is 0 Å². The standard InChI is InChI=1S/C17H20S/c1-4-16-15(10-14-11(2)9-12(14)3)13-7-5-6-8-17(13)18-16/h4-8,10-12,14H,9H2,1-3H3/b15-10-,16-4+. The third-order valence-electron chi connectivity index (χ3n) is 4.34. The molecule has 0 saturated heterocycles. The molecule has 1 aliphatic rings. The maximum Gasteiger partial charge on any atom is 0.0355 e. The zero-order chi connectivity index (χ0) is 12.7. The Kier molecular flexibility index (Phi) is 3.03. The molecule has 0 N–H and O–H groups in total. The van der Waals surface area contributed by atoms with E-state index in [4.69, 9.17) is 0 Å². The van der Waals surface area contributed by atoms with Crippen molar-refractivity contribution in [1.82, 2.24) is 0 Å². The zero-order valence-electron chi connectivity index (χ0n) is 11.3. The molecule has 3 rings (SSSR count). The van der Waals surface area contributed by atoms with Crippen LogP contribution in [0.5, 0.6) is 0 Å². The van der Waals surface area contributed by atoms with Gasteiger partial charge in [0.1, 0.15) is 0 Å². The SMILES string of the molecule is C/C=c1/sc2ccccc2/c1=C/C1C(C)CC1C.